The monoisotopic (exact) mass is 442 g/mol. The van der Waals surface area contributed by atoms with Crippen LogP contribution >= 0.6 is 23.4 Å². The molecule has 0 aliphatic rings. The first-order chi connectivity index (χ1) is 14.5. The normalized spacial score (nSPS) is 11.7. The fourth-order valence-electron chi connectivity index (χ4n) is 2.82. The summed E-state index contributed by atoms with van der Waals surface area (Å²) >= 11 is 7.39. The molecule has 30 heavy (non-hydrogen) atoms. The Labute approximate surface area is 185 Å². The summed E-state index contributed by atoms with van der Waals surface area (Å²) in [5.74, 6) is 1.47. The van der Waals surface area contributed by atoms with Gasteiger partial charge in [0.15, 0.2) is 17.1 Å². The Morgan fingerprint density at radius 3 is 2.73 bits per heavy atom. The molecule has 3 aromatic rings. The zero-order valence-corrected chi connectivity index (χ0v) is 18.4. The van der Waals surface area contributed by atoms with Gasteiger partial charge in [-0.15, -0.1) is 16.8 Å². The minimum atomic E-state index is -0.315. The Balaban J connectivity index is 1.69. The van der Waals surface area contributed by atoms with Crippen LogP contribution in [0.4, 0.5) is 5.69 Å². The number of aromatic nitrogens is 3. The summed E-state index contributed by atoms with van der Waals surface area (Å²) in [6, 6.07) is 14.9. The topological polar surface area (TPSA) is 69.0 Å². The highest BCUT2D eigenvalue weighted by molar-refractivity contribution is 7.99. The number of aryl methyl sites for hydroxylation is 1. The summed E-state index contributed by atoms with van der Waals surface area (Å²) in [4.78, 5) is 12.3. The molecule has 1 N–H and O–H groups in total. The lowest BCUT2D eigenvalue weighted by molar-refractivity contribution is -0.113. The number of para-hydroxylation sites is 2. The van der Waals surface area contributed by atoms with Gasteiger partial charge in [-0.25, -0.2) is 0 Å². The first kappa shape index (κ1) is 21.9. The van der Waals surface area contributed by atoms with Gasteiger partial charge in [0, 0.05) is 6.54 Å². The highest BCUT2D eigenvalue weighted by Crippen LogP contribution is 2.27. The average molecular weight is 443 g/mol. The Hall–Kier alpha value is -2.77. The Bertz CT molecular complexity index is 1040. The molecule has 0 aliphatic carbocycles. The van der Waals surface area contributed by atoms with Crippen LogP contribution in [0.2, 0.25) is 5.02 Å². The number of rotatable bonds is 9. The molecule has 156 valence electrons. The molecule has 1 heterocycles. The Morgan fingerprint density at radius 2 is 2.00 bits per heavy atom. The minimum absolute atomic E-state index is 0.174. The van der Waals surface area contributed by atoms with E-state index in [0.717, 1.165) is 11.3 Å². The van der Waals surface area contributed by atoms with Crippen molar-refractivity contribution in [3.05, 3.63) is 77.6 Å². The third-order valence-corrected chi connectivity index (χ3v) is 5.59. The van der Waals surface area contributed by atoms with Gasteiger partial charge in [0.2, 0.25) is 5.91 Å². The van der Waals surface area contributed by atoms with Crippen LogP contribution < -0.4 is 10.1 Å². The second-order valence-electron chi connectivity index (χ2n) is 6.58. The largest absolute Gasteiger partial charge is 0.482 e. The standard InChI is InChI=1S/C22H23ClN4O2S/c1-4-13-27-21(16(3)29-19-12-8-5-9-15(19)2)25-26-22(27)30-14-20(28)24-18-11-7-6-10-17(18)23/h4-12,16H,1,13-14H2,2-3H3,(H,24,28). The Morgan fingerprint density at radius 1 is 1.27 bits per heavy atom. The lowest BCUT2D eigenvalue weighted by Gasteiger charge is -2.17. The highest BCUT2D eigenvalue weighted by atomic mass is 35.5. The first-order valence-corrected chi connectivity index (χ1v) is 10.8. The van der Waals surface area contributed by atoms with Crippen molar-refractivity contribution in [1.82, 2.24) is 14.8 Å². The zero-order valence-electron chi connectivity index (χ0n) is 16.8. The van der Waals surface area contributed by atoms with E-state index < -0.39 is 0 Å². The van der Waals surface area contributed by atoms with Gasteiger partial charge in [-0.3, -0.25) is 9.36 Å². The number of halogens is 1. The van der Waals surface area contributed by atoms with Gasteiger partial charge in [-0.2, -0.15) is 0 Å². The zero-order chi connectivity index (χ0) is 21.5. The van der Waals surface area contributed by atoms with E-state index in [-0.39, 0.29) is 17.8 Å². The molecule has 0 saturated carbocycles. The van der Waals surface area contributed by atoms with E-state index in [4.69, 9.17) is 16.3 Å². The number of nitrogens with one attached hydrogen (secondary N) is 1. The average Bonchev–Trinajstić information content (AvgIpc) is 3.13. The van der Waals surface area contributed by atoms with Crippen LogP contribution in [0.1, 0.15) is 24.4 Å². The molecule has 1 amide bonds. The first-order valence-electron chi connectivity index (χ1n) is 9.43. The quantitative estimate of drug-likeness (QED) is 0.360. The van der Waals surface area contributed by atoms with Crippen molar-refractivity contribution in [2.24, 2.45) is 0 Å². The van der Waals surface area contributed by atoms with Crippen LogP contribution in [0.25, 0.3) is 0 Å². The van der Waals surface area contributed by atoms with Crippen LogP contribution in [0.15, 0.2) is 66.3 Å². The SMILES string of the molecule is C=CCn1c(SCC(=O)Nc2ccccc2Cl)nnc1C(C)Oc1ccccc1C. The Kier molecular flexibility index (Phi) is 7.54. The molecule has 3 rings (SSSR count). The number of ether oxygens (including phenoxy) is 1. The number of thioether (sulfide) groups is 1. The molecule has 0 fully saturated rings. The van der Waals surface area contributed by atoms with Crippen LogP contribution in [0.3, 0.4) is 0 Å². The molecule has 6 nitrogen and oxygen atoms in total. The molecular formula is C22H23ClN4O2S. The molecule has 0 spiro atoms. The smallest absolute Gasteiger partial charge is 0.234 e. The summed E-state index contributed by atoms with van der Waals surface area (Å²) < 4.78 is 7.99. The van der Waals surface area contributed by atoms with Crippen molar-refractivity contribution in [3.8, 4) is 5.75 Å². The molecule has 1 aromatic heterocycles. The van der Waals surface area contributed by atoms with E-state index in [1.54, 1.807) is 18.2 Å². The predicted molar refractivity (Wildman–Crippen MR) is 121 cm³/mol. The molecule has 0 saturated heterocycles. The second-order valence-corrected chi connectivity index (χ2v) is 7.93. The van der Waals surface area contributed by atoms with Crippen LogP contribution in [-0.4, -0.2) is 26.4 Å². The highest BCUT2D eigenvalue weighted by Gasteiger charge is 2.20. The molecule has 0 radical (unpaired) electrons. The van der Waals surface area contributed by atoms with E-state index in [0.29, 0.717) is 28.2 Å². The number of benzene rings is 2. The predicted octanol–water partition coefficient (Wildman–Crippen LogP) is 5.30. The number of hydrogen-bond acceptors (Lipinski definition) is 5. The van der Waals surface area contributed by atoms with Crippen molar-refractivity contribution in [2.45, 2.75) is 31.7 Å². The van der Waals surface area contributed by atoms with Crippen molar-refractivity contribution >= 4 is 35.0 Å². The van der Waals surface area contributed by atoms with E-state index in [2.05, 4.69) is 22.1 Å². The van der Waals surface area contributed by atoms with Crippen LogP contribution in [0, 0.1) is 6.92 Å². The summed E-state index contributed by atoms with van der Waals surface area (Å²) in [5.41, 5.74) is 1.63. The summed E-state index contributed by atoms with van der Waals surface area (Å²) in [6.45, 7) is 8.25. The van der Waals surface area contributed by atoms with Gasteiger partial charge >= 0.3 is 0 Å². The van der Waals surface area contributed by atoms with Gasteiger partial charge in [-0.05, 0) is 37.6 Å². The van der Waals surface area contributed by atoms with Gasteiger partial charge in [0.05, 0.1) is 16.5 Å². The summed E-state index contributed by atoms with van der Waals surface area (Å²) in [6.07, 6.45) is 1.45. The van der Waals surface area contributed by atoms with E-state index in [1.165, 1.54) is 11.8 Å². The lowest BCUT2D eigenvalue weighted by Crippen LogP contribution is -2.16. The molecule has 8 heteroatoms. The lowest BCUT2D eigenvalue weighted by atomic mass is 10.2. The maximum atomic E-state index is 12.3. The van der Waals surface area contributed by atoms with Crippen molar-refractivity contribution in [1.29, 1.82) is 0 Å². The maximum absolute atomic E-state index is 12.3. The molecule has 1 unspecified atom stereocenters. The fourth-order valence-corrected chi connectivity index (χ4v) is 3.76. The van der Waals surface area contributed by atoms with E-state index >= 15 is 0 Å². The van der Waals surface area contributed by atoms with Gasteiger partial charge in [0.25, 0.3) is 0 Å². The third kappa shape index (κ3) is 5.43. The van der Waals surface area contributed by atoms with Gasteiger partial charge in [-0.1, -0.05) is 59.8 Å². The van der Waals surface area contributed by atoms with Crippen molar-refractivity contribution in [3.63, 3.8) is 0 Å². The fraction of sp³-hybridized carbons (Fsp3) is 0.227. The molecular weight excluding hydrogens is 420 g/mol. The van der Waals surface area contributed by atoms with Crippen LogP contribution in [0.5, 0.6) is 5.75 Å². The number of nitrogens with zero attached hydrogens (tertiary/aromatic N) is 3. The number of anilines is 1. The molecule has 1 atom stereocenters. The van der Waals surface area contributed by atoms with Crippen LogP contribution in [-0.2, 0) is 11.3 Å². The maximum Gasteiger partial charge on any atom is 0.234 e. The van der Waals surface area contributed by atoms with Crippen molar-refractivity contribution in [2.75, 3.05) is 11.1 Å². The minimum Gasteiger partial charge on any atom is -0.482 e. The summed E-state index contributed by atoms with van der Waals surface area (Å²) in [5, 5.41) is 12.5. The van der Waals surface area contributed by atoms with E-state index in [1.807, 2.05) is 54.8 Å². The van der Waals surface area contributed by atoms with E-state index in [9.17, 15) is 4.79 Å². The summed E-state index contributed by atoms with van der Waals surface area (Å²) in [7, 11) is 0. The molecule has 0 aliphatic heterocycles. The van der Waals surface area contributed by atoms with Gasteiger partial charge in [0.1, 0.15) is 5.75 Å². The molecule has 0 bridgehead atoms. The third-order valence-electron chi connectivity index (χ3n) is 4.30. The molecule has 2 aromatic carbocycles. The number of carbonyl (C=O) groups is 1. The van der Waals surface area contributed by atoms with Gasteiger partial charge < -0.3 is 10.1 Å². The second kappa shape index (κ2) is 10.3. The number of hydrogen-bond donors (Lipinski definition) is 1. The van der Waals surface area contributed by atoms with Crippen molar-refractivity contribution < 1.29 is 9.53 Å². The number of allylic oxidation sites excluding steroid dienone is 1. The number of amides is 1. The number of carbonyl (C=O) groups excluding carboxylic acids is 1.